The van der Waals surface area contributed by atoms with E-state index in [1.54, 1.807) is 0 Å². The number of hydrogen-bond donors (Lipinski definition) is 1. The van der Waals surface area contributed by atoms with Gasteiger partial charge >= 0.3 is 0 Å². The van der Waals surface area contributed by atoms with Gasteiger partial charge in [-0.2, -0.15) is 5.10 Å². The van der Waals surface area contributed by atoms with Crippen molar-refractivity contribution in [3.05, 3.63) is 83.7 Å². The molecule has 0 aliphatic rings. The minimum atomic E-state index is -0.0433. The lowest BCUT2D eigenvalue weighted by Crippen LogP contribution is -2.24. The molecule has 5 rings (SSSR count). The van der Waals surface area contributed by atoms with Gasteiger partial charge in [-0.1, -0.05) is 59.8 Å². The van der Waals surface area contributed by atoms with E-state index in [1.807, 2.05) is 57.7 Å². The number of rotatable bonds is 6. The van der Waals surface area contributed by atoms with Gasteiger partial charge in [0.15, 0.2) is 10.8 Å². The molecule has 0 saturated heterocycles. The molecule has 7 nitrogen and oxygen atoms in total. The van der Waals surface area contributed by atoms with E-state index >= 15 is 0 Å². The minimum absolute atomic E-state index is 0.0433. The van der Waals surface area contributed by atoms with Crippen LogP contribution in [0.1, 0.15) is 16.7 Å². The molecule has 1 N–H and O–H groups in total. The number of aromatic nitrogens is 5. The number of amides is 1. The maximum Gasteiger partial charge on any atom is 0.230 e. The van der Waals surface area contributed by atoms with Gasteiger partial charge in [0.05, 0.1) is 11.4 Å². The smallest absolute Gasteiger partial charge is 0.230 e. The third-order valence-corrected chi connectivity index (χ3v) is 6.26. The van der Waals surface area contributed by atoms with E-state index in [4.69, 9.17) is 5.10 Å². The second-order valence-corrected chi connectivity index (χ2v) is 8.65. The van der Waals surface area contributed by atoms with Crippen molar-refractivity contribution in [2.75, 3.05) is 5.75 Å². The van der Waals surface area contributed by atoms with E-state index < -0.39 is 0 Å². The normalized spacial score (nSPS) is 11.3. The molecule has 160 valence electrons. The molecule has 0 saturated carbocycles. The molecule has 8 heteroatoms. The molecular formula is C24H22N6OS. The molecule has 2 aromatic carbocycles. The fourth-order valence-corrected chi connectivity index (χ4v) is 4.36. The van der Waals surface area contributed by atoms with Crippen LogP contribution in [0.3, 0.4) is 0 Å². The molecule has 0 bridgehead atoms. The van der Waals surface area contributed by atoms with Crippen molar-refractivity contribution in [1.82, 2.24) is 29.5 Å². The molecule has 3 heterocycles. The number of fused-ring (bicyclic) bond motifs is 3. The van der Waals surface area contributed by atoms with Crippen molar-refractivity contribution in [1.29, 1.82) is 0 Å². The van der Waals surface area contributed by atoms with Crippen LogP contribution in [0.4, 0.5) is 0 Å². The van der Waals surface area contributed by atoms with Crippen molar-refractivity contribution < 1.29 is 4.79 Å². The SMILES string of the molecule is Cc1ccc(C)c(-c2cc3c4nnc(SCC(=O)NCc5ccccc5)n4ccn3n2)c1. The Balaban J connectivity index is 1.35. The van der Waals surface area contributed by atoms with Crippen LogP contribution in [0, 0.1) is 13.8 Å². The number of thioether (sulfide) groups is 1. The average Bonchev–Trinajstić information content (AvgIpc) is 3.42. The first kappa shape index (κ1) is 20.3. The number of carbonyl (C=O) groups excluding carboxylic acids is 1. The highest BCUT2D eigenvalue weighted by Gasteiger charge is 2.15. The summed E-state index contributed by atoms with van der Waals surface area (Å²) in [4.78, 5) is 12.3. The number of nitrogens with one attached hydrogen (secondary N) is 1. The summed E-state index contributed by atoms with van der Waals surface area (Å²) in [6.45, 7) is 4.68. The fourth-order valence-electron chi connectivity index (χ4n) is 3.61. The molecule has 0 aliphatic carbocycles. The van der Waals surface area contributed by atoms with Crippen molar-refractivity contribution in [3.63, 3.8) is 0 Å². The molecule has 0 atom stereocenters. The van der Waals surface area contributed by atoms with E-state index in [0.717, 1.165) is 22.3 Å². The lowest BCUT2D eigenvalue weighted by Gasteiger charge is -2.04. The van der Waals surface area contributed by atoms with Gasteiger partial charge in [-0.05, 0) is 37.1 Å². The van der Waals surface area contributed by atoms with Gasteiger partial charge in [0.2, 0.25) is 5.91 Å². The Hall–Kier alpha value is -3.65. The van der Waals surface area contributed by atoms with Crippen LogP contribution < -0.4 is 5.32 Å². The van der Waals surface area contributed by atoms with Crippen molar-refractivity contribution in [2.24, 2.45) is 0 Å². The maximum absolute atomic E-state index is 12.3. The Labute approximate surface area is 189 Å². The van der Waals surface area contributed by atoms with Crippen molar-refractivity contribution in [2.45, 2.75) is 25.5 Å². The predicted octanol–water partition coefficient (Wildman–Crippen LogP) is 4.07. The summed E-state index contributed by atoms with van der Waals surface area (Å²) < 4.78 is 3.72. The van der Waals surface area contributed by atoms with Crippen LogP contribution in [-0.2, 0) is 11.3 Å². The molecule has 1 amide bonds. The first-order valence-corrected chi connectivity index (χ1v) is 11.3. The largest absolute Gasteiger partial charge is 0.351 e. The highest BCUT2D eigenvalue weighted by molar-refractivity contribution is 7.99. The van der Waals surface area contributed by atoms with Crippen LogP contribution in [-0.4, -0.2) is 35.9 Å². The van der Waals surface area contributed by atoms with Gasteiger partial charge in [-0.3, -0.25) is 9.20 Å². The van der Waals surface area contributed by atoms with Crippen LogP contribution >= 0.6 is 11.8 Å². The zero-order valence-corrected chi connectivity index (χ0v) is 18.6. The third kappa shape index (κ3) is 3.97. The van der Waals surface area contributed by atoms with Crippen LogP contribution in [0.2, 0.25) is 0 Å². The summed E-state index contributed by atoms with van der Waals surface area (Å²) in [5, 5.41) is 17.0. The first-order valence-electron chi connectivity index (χ1n) is 10.3. The van der Waals surface area contributed by atoms with E-state index in [0.29, 0.717) is 17.3 Å². The van der Waals surface area contributed by atoms with Crippen molar-refractivity contribution >= 4 is 28.8 Å². The van der Waals surface area contributed by atoms with E-state index in [-0.39, 0.29) is 11.7 Å². The Bertz CT molecular complexity index is 1420. The Morgan fingerprint density at radius 3 is 2.72 bits per heavy atom. The van der Waals surface area contributed by atoms with Crippen molar-refractivity contribution in [3.8, 4) is 11.3 Å². The molecule has 0 spiro atoms. The lowest BCUT2D eigenvalue weighted by atomic mass is 10.0. The molecule has 0 unspecified atom stereocenters. The average molecular weight is 443 g/mol. The zero-order chi connectivity index (χ0) is 22.1. The quantitative estimate of drug-likeness (QED) is 0.401. The molecule has 0 radical (unpaired) electrons. The first-order chi connectivity index (χ1) is 15.6. The molecule has 3 aromatic heterocycles. The maximum atomic E-state index is 12.3. The van der Waals surface area contributed by atoms with Gasteiger partial charge < -0.3 is 5.32 Å². The monoisotopic (exact) mass is 442 g/mol. The lowest BCUT2D eigenvalue weighted by molar-refractivity contribution is -0.118. The summed E-state index contributed by atoms with van der Waals surface area (Å²) in [6, 6.07) is 18.2. The molecule has 0 aliphatic heterocycles. The Morgan fingerprint density at radius 2 is 1.88 bits per heavy atom. The minimum Gasteiger partial charge on any atom is -0.351 e. The van der Waals surface area contributed by atoms with E-state index in [2.05, 4.69) is 47.6 Å². The zero-order valence-electron chi connectivity index (χ0n) is 17.8. The van der Waals surface area contributed by atoms with Gasteiger partial charge in [0.1, 0.15) is 5.52 Å². The molecule has 32 heavy (non-hydrogen) atoms. The molecular weight excluding hydrogens is 420 g/mol. The van der Waals surface area contributed by atoms with Crippen LogP contribution in [0.15, 0.2) is 72.1 Å². The van der Waals surface area contributed by atoms with Gasteiger partial charge in [0, 0.05) is 24.5 Å². The van der Waals surface area contributed by atoms with Gasteiger partial charge in [0.25, 0.3) is 0 Å². The van der Waals surface area contributed by atoms with E-state index in [9.17, 15) is 4.79 Å². The second kappa shape index (κ2) is 8.47. The number of aryl methyl sites for hydroxylation is 2. The van der Waals surface area contributed by atoms with Crippen LogP contribution in [0.25, 0.3) is 22.4 Å². The summed E-state index contributed by atoms with van der Waals surface area (Å²) >= 11 is 1.36. The topological polar surface area (TPSA) is 76.6 Å². The standard InChI is InChI=1S/C24H22N6OS/c1-16-8-9-17(2)19(12-16)20-13-21-23-26-27-24(29(23)10-11-30(21)28-20)32-15-22(31)25-14-18-6-4-3-5-7-18/h3-13H,14-15H2,1-2H3,(H,25,31). The Kier molecular flexibility index (Phi) is 5.36. The summed E-state index contributed by atoms with van der Waals surface area (Å²) in [7, 11) is 0. The van der Waals surface area contributed by atoms with Gasteiger partial charge in [-0.15, -0.1) is 10.2 Å². The highest BCUT2D eigenvalue weighted by Crippen LogP contribution is 2.27. The third-order valence-electron chi connectivity index (χ3n) is 5.32. The number of carbonyl (C=O) groups is 1. The summed E-state index contributed by atoms with van der Waals surface area (Å²) in [6.07, 6.45) is 3.77. The summed E-state index contributed by atoms with van der Waals surface area (Å²) in [5.41, 5.74) is 7.03. The fraction of sp³-hybridized carbons (Fsp3) is 0.167. The molecule has 5 aromatic rings. The second-order valence-electron chi connectivity index (χ2n) is 7.70. The Morgan fingerprint density at radius 1 is 1.03 bits per heavy atom. The number of hydrogen-bond acceptors (Lipinski definition) is 5. The highest BCUT2D eigenvalue weighted by atomic mass is 32.2. The predicted molar refractivity (Wildman–Crippen MR) is 126 cm³/mol. The van der Waals surface area contributed by atoms with Crippen LogP contribution in [0.5, 0.6) is 0 Å². The summed E-state index contributed by atoms with van der Waals surface area (Å²) in [5.74, 6) is 0.226. The number of benzene rings is 2. The van der Waals surface area contributed by atoms with Gasteiger partial charge in [-0.25, -0.2) is 4.52 Å². The van der Waals surface area contributed by atoms with E-state index in [1.165, 1.54) is 22.9 Å². The molecule has 0 fully saturated rings. The number of nitrogens with zero attached hydrogens (tertiary/aromatic N) is 5.